The van der Waals surface area contributed by atoms with Crippen molar-refractivity contribution in [1.82, 2.24) is 5.32 Å². The largest absolute Gasteiger partial charge is 0.310 e. The van der Waals surface area contributed by atoms with Gasteiger partial charge in [0.1, 0.15) is 5.82 Å². The van der Waals surface area contributed by atoms with E-state index in [0.717, 1.165) is 12.3 Å². The zero-order chi connectivity index (χ0) is 12.3. The molecule has 1 fully saturated rings. The third kappa shape index (κ3) is 3.68. The average Bonchev–Trinajstić information content (AvgIpc) is 3.10. The molecule has 94 valence electrons. The summed E-state index contributed by atoms with van der Waals surface area (Å²) in [6.45, 7) is 2.69. The maximum absolute atomic E-state index is 13.6. The average molecular weight is 256 g/mol. The molecule has 0 spiro atoms. The van der Waals surface area contributed by atoms with Crippen molar-refractivity contribution in [1.29, 1.82) is 0 Å². The molecule has 0 saturated heterocycles. The zero-order valence-electron chi connectivity index (χ0n) is 10.2. The van der Waals surface area contributed by atoms with E-state index in [2.05, 4.69) is 12.2 Å². The Bertz CT molecular complexity index is 356. The van der Waals surface area contributed by atoms with E-state index in [1.807, 2.05) is 0 Å². The van der Waals surface area contributed by atoms with Gasteiger partial charge in [0, 0.05) is 23.2 Å². The maximum atomic E-state index is 13.6. The molecule has 0 heterocycles. The predicted octanol–water partition coefficient (Wildman–Crippen LogP) is 4.15. The minimum Gasteiger partial charge on any atom is -0.310 e. The van der Waals surface area contributed by atoms with E-state index in [0.29, 0.717) is 23.2 Å². The Morgan fingerprint density at radius 3 is 2.82 bits per heavy atom. The zero-order valence-corrected chi connectivity index (χ0v) is 10.9. The molecule has 0 aromatic heterocycles. The van der Waals surface area contributed by atoms with Crippen molar-refractivity contribution in [2.45, 2.75) is 45.2 Å². The predicted molar refractivity (Wildman–Crippen MR) is 69.7 cm³/mol. The molecule has 0 radical (unpaired) electrons. The van der Waals surface area contributed by atoms with E-state index in [-0.39, 0.29) is 5.82 Å². The van der Waals surface area contributed by atoms with Crippen molar-refractivity contribution in [3.8, 4) is 0 Å². The summed E-state index contributed by atoms with van der Waals surface area (Å²) in [4.78, 5) is 0. The molecule has 0 amide bonds. The second-order valence-corrected chi connectivity index (χ2v) is 5.27. The molecule has 1 aromatic rings. The molecule has 0 bridgehead atoms. The van der Waals surface area contributed by atoms with Crippen LogP contribution in [0.15, 0.2) is 18.2 Å². The molecule has 1 saturated carbocycles. The molecule has 1 unspecified atom stereocenters. The SMILES string of the molecule is CCC(CC1CC1)NCc1c(F)cccc1Cl. The second-order valence-electron chi connectivity index (χ2n) is 4.87. The smallest absolute Gasteiger partial charge is 0.129 e. The third-order valence-corrected chi connectivity index (χ3v) is 3.79. The van der Waals surface area contributed by atoms with E-state index in [1.54, 1.807) is 12.1 Å². The summed E-state index contributed by atoms with van der Waals surface area (Å²) in [5.74, 6) is 0.676. The highest BCUT2D eigenvalue weighted by Crippen LogP contribution is 2.34. The van der Waals surface area contributed by atoms with Crippen LogP contribution >= 0.6 is 11.6 Å². The summed E-state index contributed by atoms with van der Waals surface area (Å²) < 4.78 is 13.6. The molecule has 3 heteroatoms. The molecule has 1 N–H and O–H groups in total. The van der Waals surface area contributed by atoms with E-state index in [9.17, 15) is 4.39 Å². The van der Waals surface area contributed by atoms with Gasteiger partial charge in [-0.05, 0) is 30.9 Å². The topological polar surface area (TPSA) is 12.0 Å². The molecule has 1 nitrogen and oxygen atoms in total. The Kier molecular flexibility index (Phi) is 4.41. The van der Waals surface area contributed by atoms with Gasteiger partial charge < -0.3 is 5.32 Å². The Morgan fingerprint density at radius 2 is 2.24 bits per heavy atom. The van der Waals surface area contributed by atoms with Gasteiger partial charge in [-0.2, -0.15) is 0 Å². The Balaban J connectivity index is 1.90. The number of hydrogen-bond acceptors (Lipinski definition) is 1. The van der Waals surface area contributed by atoms with Gasteiger partial charge in [0.2, 0.25) is 0 Å². The fourth-order valence-corrected chi connectivity index (χ4v) is 2.33. The van der Waals surface area contributed by atoms with Gasteiger partial charge >= 0.3 is 0 Å². The van der Waals surface area contributed by atoms with Crippen molar-refractivity contribution < 1.29 is 4.39 Å². The van der Waals surface area contributed by atoms with Gasteiger partial charge in [-0.25, -0.2) is 4.39 Å². The standard InChI is InChI=1S/C14H19ClFN/c1-2-11(8-10-6-7-10)17-9-12-13(15)4-3-5-14(12)16/h3-5,10-11,17H,2,6-9H2,1H3. The van der Waals surface area contributed by atoms with Crippen LogP contribution in [0.4, 0.5) is 4.39 Å². The minimum absolute atomic E-state index is 0.216. The molecule has 1 aromatic carbocycles. The Labute approximate surface area is 107 Å². The van der Waals surface area contributed by atoms with Gasteiger partial charge in [-0.15, -0.1) is 0 Å². The Hall–Kier alpha value is -0.600. The summed E-state index contributed by atoms with van der Waals surface area (Å²) >= 11 is 5.99. The number of benzene rings is 1. The van der Waals surface area contributed by atoms with Crippen LogP contribution in [0.25, 0.3) is 0 Å². The normalized spacial score (nSPS) is 17.1. The monoisotopic (exact) mass is 255 g/mol. The third-order valence-electron chi connectivity index (χ3n) is 3.44. The summed E-state index contributed by atoms with van der Waals surface area (Å²) in [7, 11) is 0. The van der Waals surface area contributed by atoms with E-state index in [1.165, 1.54) is 25.3 Å². The van der Waals surface area contributed by atoms with Crippen LogP contribution in [-0.4, -0.2) is 6.04 Å². The summed E-state index contributed by atoms with van der Waals surface area (Å²) in [5.41, 5.74) is 0.586. The fraction of sp³-hybridized carbons (Fsp3) is 0.571. The van der Waals surface area contributed by atoms with Gasteiger partial charge in [-0.1, -0.05) is 37.4 Å². The minimum atomic E-state index is -0.216. The first-order valence-electron chi connectivity index (χ1n) is 6.37. The maximum Gasteiger partial charge on any atom is 0.129 e. The molecule has 17 heavy (non-hydrogen) atoms. The van der Waals surface area contributed by atoms with Crippen LogP contribution in [0, 0.1) is 11.7 Å². The van der Waals surface area contributed by atoms with Crippen molar-refractivity contribution >= 4 is 11.6 Å². The van der Waals surface area contributed by atoms with Crippen LogP contribution < -0.4 is 5.32 Å². The molecule has 2 rings (SSSR count). The van der Waals surface area contributed by atoms with Gasteiger partial charge in [0.05, 0.1) is 0 Å². The molecule has 1 aliphatic rings. The molecule has 1 atom stereocenters. The van der Waals surface area contributed by atoms with E-state index in [4.69, 9.17) is 11.6 Å². The lowest BCUT2D eigenvalue weighted by Crippen LogP contribution is -2.28. The van der Waals surface area contributed by atoms with Crippen molar-refractivity contribution in [2.75, 3.05) is 0 Å². The lowest BCUT2D eigenvalue weighted by Gasteiger charge is -2.17. The first-order valence-corrected chi connectivity index (χ1v) is 6.74. The van der Waals surface area contributed by atoms with Crippen LogP contribution in [0.2, 0.25) is 5.02 Å². The molecule has 0 aliphatic heterocycles. The van der Waals surface area contributed by atoms with Crippen molar-refractivity contribution in [2.24, 2.45) is 5.92 Å². The molecular weight excluding hydrogens is 237 g/mol. The van der Waals surface area contributed by atoms with E-state index < -0.39 is 0 Å². The first kappa shape index (κ1) is 12.8. The number of rotatable bonds is 6. The first-order chi connectivity index (χ1) is 8.20. The van der Waals surface area contributed by atoms with Crippen LogP contribution in [0.3, 0.4) is 0 Å². The lowest BCUT2D eigenvalue weighted by molar-refractivity contribution is 0.439. The van der Waals surface area contributed by atoms with Crippen molar-refractivity contribution in [3.63, 3.8) is 0 Å². The van der Waals surface area contributed by atoms with Crippen LogP contribution in [0.1, 0.15) is 38.2 Å². The number of halogens is 2. The fourth-order valence-electron chi connectivity index (χ4n) is 2.10. The van der Waals surface area contributed by atoms with Crippen LogP contribution in [0.5, 0.6) is 0 Å². The molecular formula is C14H19ClFN. The lowest BCUT2D eigenvalue weighted by atomic mass is 10.1. The molecule has 1 aliphatic carbocycles. The van der Waals surface area contributed by atoms with Gasteiger partial charge in [0.25, 0.3) is 0 Å². The van der Waals surface area contributed by atoms with Gasteiger partial charge in [-0.3, -0.25) is 0 Å². The number of nitrogens with one attached hydrogen (secondary N) is 1. The summed E-state index contributed by atoms with van der Waals surface area (Å²) in [6.07, 6.45) is 5.02. The highest BCUT2D eigenvalue weighted by molar-refractivity contribution is 6.31. The van der Waals surface area contributed by atoms with Gasteiger partial charge in [0.15, 0.2) is 0 Å². The highest BCUT2D eigenvalue weighted by atomic mass is 35.5. The number of hydrogen-bond donors (Lipinski definition) is 1. The quantitative estimate of drug-likeness (QED) is 0.805. The van der Waals surface area contributed by atoms with E-state index >= 15 is 0 Å². The summed E-state index contributed by atoms with van der Waals surface area (Å²) in [5, 5.41) is 3.93. The summed E-state index contributed by atoms with van der Waals surface area (Å²) in [6, 6.07) is 5.33. The van der Waals surface area contributed by atoms with Crippen LogP contribution in [-0.2, 0) is 6.54 Å². The highest BCUT2D eigenvalue weighted by Gasteiger charge is 2.24. The van der Waals surface area contributed by atoms with Crippen molar-refractivity contribution in [3.05, 3.63) is 34.6 Å². The second kappa shape index (κ2) is 5.83. The Morgan fingerprint density at radius 1 is 1.47 bits per heavy atom.